The molecular weight excluding hydrogens is 270 g/mol. The van der Waals surface area contributed by atoms with Crippen LogP contribution in [0.1, 0.15) is 16.5 Å². The lowest BCUT2D eigenvalue weighted by Crippen LogP contribution is -2.11. The smallest absolute Gasteiger partial charge is 0.0431 e. The van der Waals surface area contributed by atoms with E-state index in [2.05, 4.69) is 39.5 Å². The summed E-state index contributed by atoms with van der Waals surface area (Å²) in [5.74, 6) is 0. The first-order valence-electron chi connectivity index (χ1n) is 4.80. The molecule has 0 bridgehead atoms. The van der Waals surface area contributed by atoms with Crippen molar-refractivity contribution in [2.24, 2.45) is 5.73 Å². The maximum atomic E-state index is 6.13. The highest BCUT2D eigenvalue weighted by atomic mass is 79.9. The van der Waals surface area contributed by atoms with Gasteiger partial charge in [-0.15, -0.1) is 11.3 Å². The summed E-state index contributed by atoms with van der Waals surface area (Å²) in [4.78, 5) is 1.24. The van der Waals surface area contributed by atoms with Gasteiger partial charge in [0.05, 0.1) is 0 Å². The summed E-state index contributed by atoms with van der Waals surface area (Å²) in [6, 6.07) is 12.5. The third kappa shape index (κ3) is 2.68. The van der Waals surface area contributed by atoms with E-state index in [4.69, 9.17) is 5.73 Å². The van der Waals surface area contributed by atoms with Crippen LogP contribution < -0.4 is 5.73 Å². The second kappa shape index (κ2) is 4.92. The van der Waals surface area contributed by atoms with Crippen molar-refractivity contribution in [1.29, 1.82) is 0 Å². The zero-order valence-electron chi connectivity index (χ0n) is 8.19. The summed E-state index contributed by atoms with van der Waals surface area (Å²) in [5.41, 5.74) is 7.39. The van der Waals surface area contributed by atoms with Crippen molar-refractivity contribution < 1.29 is 0 Å². The maximum Gasteiger partial charge on any atom is 0.0431 e. The number of thiophene rings is 1. The molecule has 2 aromatic rings. The van der Waals surface area contributed by atoms with Gasteiger partial charge in [-0.25, -0.2) is 0 Å². The van der Waals surface area contributed by atoms with Crippen molar-refractivity contribution in [1.82, 2.24) is 0 Å². The first-order valence-corrected chi connectivity index (χ1v) is 6.47. The van der Waals surface area contributed by atoms with E-state index < -0.39 is 0 Å². The van der Waals surface area contributed by atoms with Crippen LogP contribution in [0.15, 0.2) is 46.3 Å². The molecule has 2 N–H and O–H groups in total. The van der Waals surface area contributed by atoms with Crippen molar-refractivity contribution in [3.63, 3.8) is 0 Å². The molecule has 0 aliphatic carbocycles. The van der Waals surface area contributed by atoms with E-state index in [1.807, 2.05) is 18.2 Å². The first-order chi connectivity index (χ1) is 7.27. The molecule has 1 heterocycles. The van der Waals surface area contributed by atoms with Gasteiger partial charge in [0.25, 0.3) is 0 Å². The third-order valence-corrected chi connectivity index (χ3v) is 4.08. The van der Waals surface area contributed by atoms with E-state index in [1.54, 1.807) is 11.3 Å². The van der Waals surface area contributed by atoms with E-state index >= 15 is 0 Å². The third-order valence-electron chi connectivity index (χ3n) is 2.31. The van der Waals surface area contributed by atoms with Crippen LogP contribution in [0.5, 0.6) is 0 Å². The Hall–Kier alpha value is -0.640. The zero-order chi connectivity index (χ0) is 10.7. The van der Waals surface area contributed by atoms with Crippen LogP contribution in [0.3, 0.4) is 0 Å². The van der Waals surface area contributed by atoms with Crippen LogP contribution in [-0.2, 0) is 6.42 Å². The summed E-state index contributed by atoms with van der Waals surface area (Å²) in [6.07, 6.45) is 0.877. The monoisotopic (exact) mass is 281 g/mol. The van der Waals surface area contributed by atoms with Crippen molar-refractivity contribution >= 4 is 27.3 Å². The molecule has 0 amide bonds. The van der Waals surface area contributed by atoms with Gasteiger partial charge in [0, 0.05) is 15.4 Å². The number of hydrogen-bond donors (Lipinski definition) is 1. The summed E-state index contributed by atoms with van der Waals surface area (Å²) in [7, 11) is 0. The topological polar surface area (TPSA) is 26.0 Å². The quantitative estimate of drug-likeness (QED) is 0.911. The average Bonchev–Trinajstić information content (AvgIpc) is 2.74. The molecular formula is C12H12BrNS. The van der Waals surface area contributed by atoms with E-state index in [0.29, 0.717) is 0 Å². The molecule has 0 saturated heterocycles. The van der Waals surface area contributed by atoms with Crippen LogP contribution in [0.2, 0.25) is 0 Å². The van der Waals surface area contributed by atoms with Crippen LogP contribution in [0.4, 0.5) is 0 Å². The van der Waals surface area contributed by atoms with E-state index in [1.165, 1.54) is 10.4 Å². The van der Waals surface area contributed by atoms with E-state index in [9.17, 15) is 0 Å². The normalized spacial score (nSPS) is 12.7. The van der Waals surface area contributed by atoms with Crippen LogP contribution in [0, 0.1) is 0 Å². The van der Waals surface area contributed by atoms with Gasteiger partial charge in [0.2, 0.25) is 0 Å². The number of hydrogen-bond acceptors (Lipinski definition) is 2. The lowest BCUT2D eigenvalue weighted by Gasteiger charge is -2.10. The Kier molecular flexibility index (Phi) is 3.57. The number of rotatable bonds is 3. The molecule has 0 aliphatic rings. The van der Waals surface area contributed by atoms with E-state index in [-0.39, 0.29) is 6.04 Å². The number of nitrogens with two attached hydrogens (primary N) is 1. The Morgan fingerprint density at radius 1 is 1.20 bits per heavy atom. The molecule has 15 heavy (non-hydrogen) atoms. The molecule has 1 aromatic carbocycles. The minimum absolute atomic E-state index is 0.101. The predicted molar refractivity (Wildman–Crippen MR) is 69.1 cm³/mol. The highest BCUT2D eigenvalue weighted by Crippen LogP contribution is 2.24. The molecule has 0 fully saturated rings. The van der Waals surface area contributed by atoms with Gasteiger partial charge in [-0.1, -0.05) is 40.2 Å². The second-order valence-electron chi connectivity index (χ2n) is 3.42. The van der Waals surface area contributed by atoms with Gasteiger partial charge in [0.1, 0.15) is 0 Å². The fourth-order valence-electron chi connectivity index (χ4n) is 1.50. The van der Waals surface area contributed by atoms with Gasteiger partial charge < -0.3 is 5.73 Å². The fraction of sp³-hybridized carbons (Fsp3) is 0.167. The van der Waals surface area contributed by atoms with Crippen molar-refractivity contribution in [2.75, 3.05) is 0 Å². The van der Waals surface area contributed by atoms with Crippen LogP contribution in [0.25, 0.3) is 0 Å². The molecule has 3 heteroatoms. The van der Waals surface area contributed by atoms with Gasteiger partial charge in [-0.2, -0.15) is 0 Å². The Morgan fingerprint density at radius 2 is 2.00 bits per heavy atom. The SMILES string of the molecule is NC(Cc1ccccc1Br)c1cccs1. The second-order valence-corrected chi connectivity index (χ2v) is 5.25. The summed E-state index contributed by atoms with van der Waals surface area (Å²) < 4.78 is 1.14. The van der Waals surface area contributed by atoms with Crippen LogP contribution >= 0.6 is 27.3 Å². The molecule has 1 nitrogen and oxygen atoms in total. The largest absolute Gasteiger partial charge is 0.323 e. The minimum Gasteiger partial charge on any atom is -0.323 e. The Balaban J connectivity index is 2.13. The predicted octanol–water partition coefficient (Wildman–Crippen LogP) is 3.75. The highest BCUT2D eigenvalue weighted by molar-refractivity contribution is 9.10. The lowest BCUT2D eigenvalue weighted by molar-refractivity contribution is 0.734. The van der Waals surface area contributed by atoms with Crippen molar-refractivity contribution in [3.8, 4) is 0 Å². The van der Waals surface area contributed by atoms with Crippen LogP contribution in [-0.4, -0.2) is 0 Å². The lowest BCUT2D eigenvalue weighted by atomic mass is 10.1. The summed E-state index contributed by atoms with van der Waals surface area (Å²) in [5, 5.41) is 2.06. The first kappa shape index (κ1) is 10.9. The average molecular weight is 282 g/mol. The van der Waals surface area contributed by atoms with Gasteiger partial charge in [-0.3, -0.25) is 0 Å². The highest BCUT2D eigenvalue weighted by Gasteiger charge is 2.09. The molecule has 2 rings (SSSR count). The Morgan fingerprint density at radius 3 is 2.67 bits per heavy atom. The molecule has 1 unspecified atom stereocenters. The molecule has 0 spiro atoms. The molecule has 0 aliphatic heterocycles. The van der Waals surface area contributed by atoms with Gasteiger partial charge in [0.15, 0.2) is 0 Å². The summed E-state index contributed by atoms with van der Waals surface area (Å²) in [6.45, 7) is 0. The minimum atomic E-state index is 0.101. The molecule has 1 aromatic heterocycles. The van der Waals surface area contributed by atoms with Gasteiger partial charge >= 0.3 is 0 Å². The van der Waals surface area contributed by atoms with E-state index in [0.717, 1.165) is 10.9 Å². The Labute approximate surface area is 102 Å². The zero-order valence-corrected chi connectivity index (χ0v) is 10.6. The Bertz CT molecular complexity index is 425. The summed E-state index contributed by atoms with van der Waals surface area (Å²) >= 11 is 5.25. The maximum absolute atomic E-state index is 6.13. The fourth-order valence-corrected chi connectivity index (χ4v) is 2.68. The van der Waals surface area contributed by atoms with Gasteiger partial charge in [-0.05, 0) is 29.5 Å². The molecule has 0 radical (unpaired) electrons. The standard InChI is InChI=1S/C12H12BrNS/c13-10-5-2-1-4-9(10)8-11(14)12-6-3-7-15-12/h1-7,11H,8,14H2. The number of benzene rings is 1. The number of halogens is 1. The van der Waals surface area contributed by atoms with Crippen molar-refractivity contribution in [2.45, 2.75) is 12.5 Å². The molecule has 0 saturated carbocycles. The molecule has 78 valence electrons. The van der Waals surface area contributed by atoms with Crippen molar-refractivity contribution in [3.05, 3.63) is 56.7 Å². The molecule has 1 atom stereocenters.